The van der Waals surface area contributed by atoms with Crippen LogP contribution in [0.15, 0.2) is 44.7 Å². The van der Waals surface area contributed by atoms with Crippen LogP contribution in [0.1, 0.15) is 34.8 Å². The standard InChI is InChI=1S/C20H22N2O5S/c1-12(10-25-3)22-18(23)15-7-5-6-8-17(15)21-20(22)28-11-14-9-16(13(2)27-14)19(24)26-4/h5-9,12H,10-11H2,1-4H3/t12-/m0/s1. The highest BCUT2D eigenvalue weighted by atomic mass is 32.2. The minimum atomic E-state index is -0.438. The summed E-state index contributed by atoms with van der Waals surface area (Å²) in [6.07, 6.45) is 0. The maximum absolute atomic E-state index is 13.0. The van der Waals surface area contributed by atoms with Gasteiger partial charge in [0.1, 0.15) is 17.1 Å². The van der Waals surface area contributed by atoms with Gasteiger partial charge in [0.05, 0.1) is 36.4 Å². The fourth-order valence-corrected chi connectivity index (χ4v) is 3.97. The van der Waals surface area contributed by atoms with Gasteiger partial charge in [0.2, 0.25) is 0 Å². The Morgan fingerprint density at radius 2 is 2.07 bits per heavy atom. The van der Waals surface area contributed by atoms with E-state index in [4.69, 9.17) is 13.9 Å². The molecule has 3 rings (SSSR count). The molecule has 0 amide bonds. The van der Waals surface area contributed by atoms with Crippen molar-refractivity contribution in [3.8, 4) is 0 Å². The van der Waals surface area contributed by atoms with Crippen molar-refractivity contribution in [2.24, 2.45) is 0 Å². The molecule has 3 aromatic rings. The predicted molar refractivity (Wildman–Crippen MR) is 107 cm³/mol. The summed E-state index contributed by atoms with van der Waals surface area (Å²) in [7, 11) is 2.93. The number of carbonyl (C=O) groups is 1. The largest absolute Gasteiger partial charge is 0.465 e. The molecule has 28 heavy (non-hydrogen) atoms. The number of rotatable bonds is 7. The van der Waals surface area contributed by atoms with E-state index in [0.717, 1.165) is 0 Å². The van der Waals surface area contributed by atoms with E-state index in [1.165, 1.54) is 18.9 Å². The number of methoxy groups -OCH3 is 2. The van der Waals surface area contributed by atoms with Crippen LogP contribution in [0, 0.1) is 6.92 Å². The summed E-state index contributed by atoms with van der Waals surface area (Å²) < 4.78 is 17.3. The van der Waals surface area contributed by atoms with Crippen LogP contribution in [-0.2, 0) is 15.2 Å². The van der Waals surface area contributed by atoms with Gasteiger partial charge in [-0.2, -0.15) is 0 Å². The van der Waals surface area contributed by atoms with E-state index in [-0.39, 0.29) is 11.6 Å². The van der Waals surface area contributed by atoms with E-state index < -0.39 is 5.97 Å². The first kappa shape index (κ1) is 20.2. The zero-order chi connectivity index (χ0) is 20.3. The highest BCUT2D eigenvalue weighted by Gasteiger charge is 2.19. The van der Waals surface area contributed by atoms with Gasteiger partial charge in [0.25, 0.3) is 5.56 Å². The molecule has 0 N–H and O–H groups in total. The second-order valence-corrected chi connectivity index (χ2v) is 7.30. The number of para-hydroxylation sites is 1. The van der Waals surface area contributed by atoms with Crippen molar-refractivity contribution < 1.29 is 18.7 Å². The molecule has 0 aliphatic carbocycles. The number of aryl methyl sites for hydroxylation is 1. The summed E-state index contributed by atoms with van der Waals surface area (Å²) in [6, 6.07) is 8.75. The molecule has 1 atom stereocenters. The smallest absolute Gasteiger partial charge is 0.341 e. The Labute approximate surface area is 166 Å². The van der Waals surface area contributed by atoms with Gasteiger partial charge in [-0.1, -0.05) is 23.9 Å². The summed E-state index contributed by atoms with van der Waals surface area (Å²) in [5, 5.41) is 1.14. The van der Waals surface area contributed by atoms with E-state index in [1.54, 1.807) is 30.7 Å². The number of carbonyl (C=O) groups excluding carboxylic acids is 1. The van der Waals surface area contributed by atoms with E-state index in [9.17, 15) is 9.59 Å². The molecule has 2 aromatic heterocycles. The van der Waals surface area contributed by atoms with Crippen molar-refractivity contribution in [2.45, 2.75) is 30.8 Å². The lowest BCUT2D eigenvalue weighted by Gasteiger charge is -2.18. The van der Waals surface area contributed by atoms with Crippen LogP contribution in [0.2, 0.25) is 0 Å². The normalized spacial score (nSPS) is 12.3. The number of nitrogens with zero attached hydrogens (tertiary/aromatic N) is 2. The van der Waals surface area contributed by atoms with E-state index in [0.29, 0.717) is 45.5 Å². The fourth-order valence-electron chi connectivity index (χ4n) is 2.99. The monoisotopic (exact) mass is 402 g/mol. The Kier molecular flexibility index (Phi) is 6.21. The van der Waals surface area contributed by atoms with Gasteiger partial charge in [-0.3, -0.25) is 9.36 Å². The van der Waals surface area contributed by atoms with Crippen molar-refractivity contribution in [1.82, 2.24) is 9.55 Å². The Balaban J connectivity index is 1.97. The summed E-state index contributed by atoms with van der Waals surface area (Å²) in [5.74, 6) is 1.09. The molecule has 0 saturated carbocycles. The van der Waals surface area contributed by atoms with Gasteiger partial charge in [0.15, 0.2) is 5.16 Å². The second-order valence-electron chi connectivity index (χ2n) is 6.35. The third kappa shape index (κ3) is 3.98. The fraction of sp³-hybridized carbons (Fsp3) is 0.350. The van der Waals surface area contributed by atoms with Gasteiger partial charge in [-0.25, -0.2) is 9.78 Å². The minimum Gasteiger partial charge on any atom is -0.465 e. The molecule has 7 nitrogen and oxygen atoms in total. The highest BCUT2D eigenvalue weighted by Crippen LogP contribution is 2.27. The summed E-state index contributed by atoms with van der Waals surface area (Å²) >= 11 is 1.38. The maximum Gasteiger partial charge on any atom is 0.341 e. The zero-order valence-corrected chi connectivity index (χ0v) is 17.0. The summed E-state index contributed by atoms with van der Waals surface area (Å²) in [5.41, 5.74) is 0.931. The van der Waals surface area contributed by atoms with Crippen LogP contribution in [0.25, 0.3) is 10.9 Å². The average molecular weight is 402 g/mol. The Hall–Kier alpha value is -2.58. The molecule has 0 spiro atoms. The minimum absolute atomic E-state index is 0.108. The number of aromatic nitrogens is 2. The van der Waals surface area contributed by atoms with Crippen molar-refractivity contribution >= 4 is 28.6 Å². The van der Waals surface area contributed by atoms with Crippen LogP contribution in [-0.4, -0.2) is 36.3 Å². The van der Waals surface area contributed by atoms with Gasteiger partial charge < -0.3 is 13.9 Å². The molecule has 1 aromatic carbocycles. The van der Waals surface area contributed by atoms with Gasteiger partial charge >= 0.3 is 5.97 Å². The third-order valence-corrected chi connectivity index (χ3v) is 5.32. The number of ether oxygens (including phenoxy) is 2. The van der Waals surface area contributed by atoms with Crippen LogP contribution < -0.4 is 5.56 Å². The molecule has 0 saturated heterocycles. The van der Waals surface area contributed by atoms with Crippen molar-refractivity contribution in [3.05, 3.63) is 57.8 Å². The molecule has 0 aliphatic heterocycles. The molecule has 0 radical (unpaired) electrons. The molecule has 148 valence electrons. The number of esters is 1. The topological polar surface area (TPSA) is 83.6 Å². The molecular weight excluding hydrogens is 380 g/mol. The summed E-state index contributed by atoms with van der Waals surface area (Å²) in [4.78, 5) is 29.5. The molecule has 2 heterocycles. The summed E-state index contributed by atoms with van der Waals surface area (Å²) in [6.45, 7) is 4.02. The lowest BCUT2D eigenvalue weighted by Crippen LogP contribution is -2.28. The van der Waals surface area contributed by atoms with E-state index in [2.05, 4.69) is 4.98 Å². The molecule has 0 aliphatic rings. The first-order chi connectivity index (χ1) is 13.5. The number of furan rings is 1. The third-order valence-electron chi connectivity index (χ3n) is 4.34. The van der Waals surface area contributed by atoms with Crippen molar-refractivity contribution in [2.75, 3.05) is 20.8 Å². The first-order valence-electron chi connectivity index (χ1n) is 8.77. The van der Waals surface area contributed by atoms with E-state index >= 15 is 0 Å². The highest BCUT2D eigenvalue weighted by molar-refractivity contribution is 7.98. The lowest BCUT2D eigenvalue weighted by molar-refractivity contribution is 0.0599. The maximum atomic E-state index is 13.0. The van der Waals surface area contributed by atoms with E-state index in [1.807, 2.05) is 25.1 Å². The SMILES string of the molecule is COC[C@H](C)n1c(SCc2cc(C(=O)OC)c(C)o2)nc2ccccc2c1=O. The molecular formula is C20H22N2O5S. The van der Waals surface area contributed by atoms with Gasteiger partial charge in [0, 0.05) is 7.11 Å². The van der Waals surface area contributed by atoms with Crippen LogP contribution >= 0.6 is 11.8 Å². The number of hydrogen-bond donors (Lipinski definition) is 0. The van der Waals surface area contributed by atoms with Gasteiger partial charge in [-0.15, -0.1) is 0 Å². The predicted octanol–water partition coefficient (Wildman–Crippen LogP) is 3.58. The Morgan fingerprint density at radius 3 is 2.79 bits per heavy atom. The molecule has 0 fully saturated rings. The average Bonchev–Trinajstić information content (AvgIpc) is 3.06. The van der Waals surface area contributed by atoms with Crippen LogP contribution in [0.3, 0.4) is 0 Å². The number of thioether (sulfide) groups is 1. The number of hydrogen-bond acceptors (Lipinski definition) is 7. The quantitative estimate of drug-likeness (QED) is 0.339. The molecule has 8 heteroatoms. The van der Waals surface area contributed by atoms with Gasteiger partial charge in [-0.05, 0) is 32.0 Å². The van der Waals surface area contributed by atoms with Crippen molar-refractivity contribution in [3.63, 3.8) is 0 Å². The second kappa shape index (κ2) is 8.62. The van der Waals surface area contributed by atoms with Crippen LogP contribution in [0.4, 0.5) is 0 Å². The molecule has 0 bridgehead atoms. The lowest BCUT2D eigenvalue weighted by atomic mass is 10.2. The number of fused-ring (bicyclic) bond motifs is 1. The Bertz CT molecular complexity index is 1060. The first-order valence-corrected chi connectivity index (χ1v) is 9.75. The number of benzene rings is 1. The van der Waals surface area contributed by atoms with Crippen molar-refractivity contribution in [1.29, 1.82) is 0 Å². The van der Waals surface area contributed by atoms with Crippen LogP contribution in [0.5, 0.6) is 0 Å². The molecule has 0 unspecified atom stereocenters. The Morgan fingerprint density at radius 1 is 1.32 bits per heavy atom. The zero-order valence-electron chi connectivity index (χ0n) is 16.2.